The molecule has 1 aliphatic rings. The summed E-state index contributed by atoms with van der Waals surface area (Å²) in [5.74, 6) is -0.320. The van der Waals surface area contributed by atoms with Gasteiger partial charge >= 0.3 is 5.97 Å². The van der Waals surface area contributed by atoms with Gasteiger partial charge in [-0.3, -0.25) is 0 Å². The van der Waals surface area contributed by atoms with Crippen molar-refractivity contribution in [1.29, 1.82) is 0 Å². The predicted octanol–water partition coefficient (Wildman–Crippen LogP) is 1.39. The van der Waals surface area contributed by atoms with Crippen molar-refractivity contribution in [2.45, 2.75) is 12.7 Å². The molecule has 0 atom stereocenters. The van der Waals surface area contributed by atoms with E-state index in [0.717, 1.165) is 5.56 Å². The summed E-state index contributed by atoms with van der Waals surface area (Å²) in [4.78, 5) is 11.2. The van der Waals surface area contributed by atoms with Crippen molar-refractivity contribution in [1.82, 2.24) is 0 Å². The summed E-state index contributed by atoms with van der Waals surface area (Å²) in [6.45, 7) is 1.91. The van der Waals surface area contributed by atoms with Gasteiger partial charge in [-0.05, 0) is 17.7 Å². The van der Waals surface area contributed by atoms with Crippen molar-refractivity contribution in [3.63, 3.8) is 0 Å². The van der Waals surface area contributed by atoms with Gasteiger partial charge in [0.05, 0.1) is 32.5 Å². The molecule has 0 aliphatic carbocycles. The Labute approximate surface area is 94.1 Å². The first kappa shape index (κ1) is 11.1. The van der Waals surface area contributed by atoms with E-state index in [1.54, 1.807) is 12.1 Å². The Morgan fingerprint density at radius 1 is 1.38 bits per heavy atom. The lowest BCUT2D eigenvalue weighted by Gasteiger charge is -2.25. The van der Waals surface area contributed by atoms with Crippen molar-refractivity contribution >= 4 is 5.97 Å². The summed E-state index contributed by atoms with van der Waals surface area (Å²) >= 11 is 0. The Kier molecular flexibility index (Phi) is 3.54. The molecule has 0 spiro atoms. The van der Waals surface area contributed by atoms with Gasteiger partial charge in [-0.15, -0.1) is 0 Å². The standard InChI is InChI=1S/C12H14O4/c1-14-12(13)10-4-2-9(3-5-10)6-16-11-7-15-8-11/h2-5,11H,6-8H2,1H3. The van der Waals surface area contributed by atoms with Gasteiger partial charge in [-0.25, -0.2) is 4.79 Å². The first-order valence-corrected chi connectivity index (χ1v) is 5.16. The number of esters is 1. The van der Waals surface area contributed by atoms with Gasteiger partial charge in [0.2, 0.25) is 0 Å². The molecule has 0 aromatic heterocycles. The summed E-state index contributed by atoms with van der Waals surface area (Å²) in [6.07, 6.45) is 0.222. The Bertz CT molecular complexity index is 354. The second-order valence-electron chi connectivity index (χ2n) is 3.66. The van der Waals surface area contributed by atoms with E-state index >= 15 is 0 Å². The SMILES string of the molecule is COC(=O)c1ccc(COC2COC2)cc1. The van der Waals surface area contributed by atoms with Crippen molar-refractivity contribution in [3.8, 4) is 0 Å². The summed E-state index contributed by atoms with van der Waals surface area (Å²) in [6, 6.07) is 7.21. The number of hydrogen-bond acceptors (Lipinski definition) is 4. The minimum absolute atomic E-state index is 0.222. The van der Waals surface area contributed by atoms with Crippen LogP contribution in [0.15, 0.2) is 24.3 Å². The topological polar surface area (TPSA) is 44.8 Å². The molecule has 0 unspecified atom stereocenters. The molecule has 1 heterocycles. The van der Waals surface area contributed by atoms with Gasteiger partial charge in [0.1, 0.15) is 6.10 Å². The van der Waals surface area contributed by atoms with Gasteiger partial charge in [0.15, 0.2) is 0 Å². The van der Waals surface area contributed by atoms with Crippen molar-refractivity contribution in [2.75, 3.05) is 20.3 Å². The maximum absolute atomic E-state index is 11.2. The average molecular weight is 222 g/mol. The van der Waals surface area contributed by atoms with E-state index in [-0.39, 0.29) is 12.1 Å². The van der Waals surface area contributed by atoms with Crippen LogP contribution >= 0.6 is 0 Å². The van der Waals surface area contributed by atoms with Crippen LogP contribution in [0.5, 0.6) is 0 Å². The molecule has 0 radical (unpaired) electrons. The first-order chi connectivity index (χ1) is 7.79. The molecule has 16 heavy (non-hydrogen) atoms. The highest BCUT2D eigenvalue weighted by Crippen LogP contribution is 2.11. The fourth-order valence-electron chi connectivity index (χ4n) is 1.38. The number of rotatable bonds is 4. The maximum atomic E-state index is 11.2. The fourth-order valence-corrected chi connectivity index (χ4v) is 1.38. The molecular formula is C12H14O4. The normalized spacial score (nSPS) is 15.6. The maximum Gasteiger partial charge on any atom is 0.337 e. The largest absolute Gasteiger partial charge is 0.465 e. The van der Waals surface area contributed by atoms with Crippen molar-refractivity contribution in [3.05, 3.63) is 35.4 Å². The van der Waals surface area contributed by atoms with E-state index < -0.39 is 0 Å². The van der Waals surface area contributed by atoms with Gasteiger partial charge in [0, 0.05) is 0 Å². The molecule has 1 fully saturated rings. The highest BCUT2D eigenvalue weighted by molar-refractivity contribution is 5.89. The zero-order valence-corrected chi connectivity index (χ0v) is 9.14. The van der Waals surface area contributed by atoms with Crippen LogP contribution in [0.1, 0.15) is 15.9 Å². The minimum atomic E-state index is -0.320. The van der Waals surface area contributed by atoms with E-state index in [1.165, 1.54) is 7.11 Å². The third-order valence-corrected chi connectivity index (χ3v) is 2.47. The van der Waals surface area contributed by atoms with Crippen LogP contribution < -0.4 is 0 Å². The molecule has 0 amide bonds. The summed E-state index contributed by atoms with van der Waals surface area (Å²) in [5, 5.41) is 0. The third-order valence-electron chi connectivity index (χ3n) is 2.47. The molecule has 1 aliphatic heterocycles. The molecule has 2 rings (SSSR count). The van der Waals surface area contributed by atoms with Crippen LogP contribution in [0.3, 0.4) is 0 Å². The molecule has 0 N–H and O–H groups in total. The van der Waals surface area contributed by atoms with E-state index in [9.17, 15) is 4.79 Å². The highest BCUT2D eigenvalue weighted by atomic mass is 16.6. The lowest BCUT2D eigenvalue weighted by molar-refractivity contribution is -0.135. The number of carbonyl (C=O) groups is 1. The lowest BCUT2D eigenvalue weighted by atomic mass is 10.1. The molecular weight excluding hydrogens is 208 g/mol. The third kappa shape index (κ3) is 2.59. The van der Waals surface area contributed by atoms with E-state index in [1.807, 2.05) is 12.1 Å². The monoisotopic (exact) mass is 222 g/mol. The fraction of sp³-hybridized carbons (Fsp3) is 0.417. The Morgan fingerprint density at radius 2 is 2.06 bits per heavy atom. The van der Waals surface area contributed by atoms with Crippen LogP contribution in [0.25, 0.3) is 0 Å². The molecule has 0 bridgehead atoms. The molecule has 86 valence electrons. The zero-order valence-electron chi connectivity index (χ0n) is 9.14. The second-order valence-corrected chi connectivity index (χ2v) is 3.66. The van der Waals surface area contributed by atoms with Crippen molar-refractivity contribution in [2.24, 2.45) is 0 Å². The number of ether oxygens (including phenoxy) is 3. The van der Waals surface area contributed by atoms with Gasteiger partial charge < -0.3 is 14.2 Å². The van der Waals surface area contributed by atoms with Crippen LogP contribution in [0.2, 0.25) is 0 Å². The Morgan fingerprint density at radius 3 is 2.56 bits per heavy atom. The second kappa shape index (κ2) is 5.09. The number of methoxy groups -OCH3 is 1. The summed E-state index contributed by atoms with van der Waals surface area (Å²) < 4.78 is 15.2. The molecule has 4 nitrogen and oxygen atoms in total. The van der Waals surface area contributed by atoms with Crippen LogP contribution in [0, 0.1) is 0 Å². The Balaban J connectivity index is 1.88. The first-order valence-electron chi connectivity index (χ1n) is 5.16. The van der Waals surface area contributed by atoms with E-state index in [0.29, 0.717) is 25.4 Å². The van der Waals surface area contributed by atoms with Crippen LogP contribution in [-0.2, 0) is 20.8 Å². The number of hydrogen-bond donors (Lipinski definition) is 0. The highest BCUT2D eigenvalue weighted by Gasteiger charge is 2.18. The molecule has 1 saturated heterocycles. The smallest absolute Gasteiger partial charge is 0.337 e. The minimum Gasteiger partial charge on any atom is -0.465 e. The van der Waals surface area contributed by atoms with Gasteiger partial charge in [-0.1, -0.05) is 12.1 Å². The molecule has 4 heteroatoms. The van der Waals surface area contributed by atoms with Crippen LogP contribution in [0.4, 0.5) is 0 Å². The van der Waals surface area contributed by atoms with Crippen LogP contribution in [-0.4, -0.2) is 32.4 Å². The van der Waals surface area contributed by atoms with Crippen molar-refractivity contribution < 1.29 is 19.0 Å². The number of benzene rings is 1. The van der Waals surface area contributed by atoms with Gasteiger partial charge in [-0.2, -0.15) is 0 Å². The summed E-state index contributed by atoms with van der Waals surface area (Å²) in [7, 11) is 1.37. The lowest BCUT2D eigenvalue weighted by Crippen LogP contribution is -2.35. The molecule has 1 aromatic rings. The predicted molar refractivity (Wildman–Crippen MR) is 57.2 cm³/mol. The zero-order chi connectivity index (χ0) is 11.4. The summed E-state index contributed by atoms with van der Waals surface area (Å²) in [5.41, 5.74) is 1.60. The quantitative estimate of drug-likeness (QED) is 0.722. The molecule has 0 saturated carbocycles. The number of carbonyl (C=O) groups excluding carboxylic acids is 1. The van der Waals surface area contributed by atoms with E-state index in [4.69, 9.17) is 9.47 Å². The average Bonchev–Trinajstić information content (AvgIpc) is 2.27. The molecule has 1 aromatic carbocycles. The van der Waals surface area contributed by atoms with Gasteiger partial charge in [0.25, 0.3) is 0 Å². The van der Waals surface area contributed by atoms with E-state index in [2.05, 4.69) is 4.74 Å². The Hall–Kier alpha value is -1.39.